The first-order chi connectivity index (χ1) is 4.16. The van der Waals surface area contributed by atoms with E-state index in [-0.39, 0.29) is 5.48 Å². The Hall–Kier alpha value is -0.760. The smallest absolute Gasteiger partial charge is 0.0924 e. The van der Waals surface area contributed by atoms with Gasteiger partial charge in [0.25, 0.3) is 0 Å². The second-order valence-corrected chi connectivity index (χ2v) is 2.23. The van der Waals surface area contributed by atoms with Gasteiger partial charge in [-0.1, -0.05) is 11.6 Å². The monoisotopic (exact) mass is 144 g/mol. The van der Waals surface area contributed by atoms with Gasteiger partial charge in [0.05, 0.1) is 12.9 Å². The second-order valence-electron chi connectivity index (χ2n) is 2.23. The standard InChI is InChI=1S/C8H14O.H2O/c1-7(2)5-6-8(3)9-4;/h5-6H,1-4H3;1H2/b8-6+;. The molecule has 0 amide bonds. The topological polar surface area (TPSA) is 40.7 Å². The number of methoxy groups -OCH3 is 1. The van der Waals surface area contributed by atoms with Gasteiger partial charge >= 0.3 is 0 Å². The Bertz CT molecular complexity index is 130. The van der Waals surface area contributed by atoms with E-state index in [4.69, 9.17) is 4.74 Å². The Kier molecular flexibility index (Phi) is 7.61. The van der Waals surface area contributed by atoms with Crippen LogP contribution in [0.1, 0.15) is 20.8 Å². The minimum atomic E-state index is 0. The number of hydrogen-bond donors (Lipinski definition) is 0. The summed E-state index contributed by atoms with van der Waals surface area (Å²) in [4.78, 5) is 0. The summed E-state index contributed by atoms with van der Waals surface area (Å²) in [5, 5.41) is 0. The number of ether oxygens (including phenoxy) is 1. The van der Waals surface area contributed by atoms with Gasteiger partial charge in [-0.15, -0.1) is 0 Å². The fourth-order valence-electron chi connectivity index (χ4n) is 0.352. The highest BCUT2D eigenvalue weighted by molar-refractivity contribution is 5.10. The molecule has 0 aromatic heterocycles. The van der Waals surface area contributed by atoms with Crippen molar-refractivity contribution in [3.63, 3.8) is 0 Å². The predicted molar refractivity (Wildman–Crippen MR) is 43.8 cm³/mol. The number of rotatable bonds is 2. The van der Waals surface area contributed by atoms with Crippen LogP contribution in [0, 0.1) is 0 Å². The van der Waals surface area contributed by atoms with Gasteiger partial charge in [-0.2, -0.15) is 0 Å². The van der Waals surface area contributed by atoms with Gasteiger partial charge < -0.3 is 10.2 Å². The van der Waals surface area contributed by atoms with Gasteiger partial charge in [0.15, 0.2) is 0 Å². The first-order valence-electron chi connectivity index (χ1n) is 3.02. The van der Waals surface area contributed by atoms with Crippen molar-refractivity contribution in [2.45, 2.75) is 20.8 Å². The largest absolute Gasteiger partial charge is 0.501 e. The Morgan fingerprint density at radius 2 is 1.60 bits per heavy atom. The molecule has 0 aromatic carbocycles. The summed E-state index contributed by atoms with van der Waals surface area (Å²) >= 11 is 0. The van der Waals surface area contributed by atoms with E-state index in [9.17, 15) is 0 Å². The molecule has 0 radical (unpaired) electrons. The van der Waals surface area contributed by atoms with Gasteiger partial charge in [-0.25, -0.2) is 0 Å². The molecule has 0 aromatic rings. The molecule has 0 fully saturated rings. The van der Waals surface area contributed by atoms with Crippen molar-refractivity contribution >= 4 is 0 Å². The van der Waals surface area contributed by atoms with Gasteiger partial charge in [-0.3, -0.25) is 0 Å². The summed E-state index contributed by atoms with van der Waals surface area (Å²) in [6, 6.07) is 0. The summed E-state index contributed by atoms with van der Waals surface area (Å²) < 4.78 is 4.92. The molecule has 10 heavy (non-hydrogen) atoms. The van der Waals surface area contributed by atoms with Crippen LogP contribution in [0.25, 0.3) is 0 Å². The number of allylic oxidation sites excluding steroid dienone is 4. The van der Waals surface area contributed by atoms with Crippen molar-refractivity contribution in [3.05, 3.63) is 23.5 Å². The predicted octanol–water partition coefficient (Wildman–Crippen LogP) is 1.68. The van der Waals surface area contributed by atoms with Crippen LogP contribution in [0.2, 0.25) is 0 Å². The summed E-state index contributed by atoms with van der Waals surface area (Å²) in [5.41, 5.74) is 1.28. The summed E-state index contributed by atoms with van der Waals surface area (Å²) in [6.07, 6.45) is 3.98. The molecule has 60 valence electrons. The van der Waals surface area contributed by atoms with E-state index in [0.717, 1.165) is 5.76 Å². The normalized spacial score (nSPS) is 9.80. The maximum atomic E-state index is 4.92. The average molecular weight is 144 g/mol. The van der Waals surface area contributed by atoms with Gasteiger partial charge in [0, 0.05) is 0 Å². The van der Waals surface area contributed by atoms with Crippen molar-refractivity contribution in [2.24, 2.45) is 0 Å². The van der Waals surface area contributed by atoms with E-state index in [0.29, 0.717) is 0 Å². The molecular weight excluding hydrogens is 128 g/mol. The van der Waals surface area contributed by atoms with E-state index in [1.807, 2.05) is 19.1 Å². The lowest BCUT2D eigenvalue weighted by molar-refractivity contribution is 0.294. The molecule has 0 saturated heterocycles. The molecule has 0 saturated carbocycles. The van der Waals surface area contributed by atoms with Crippen molar-refractivity contribution in [1.82, 2.24) is 0 Å². The Labute approximate surface area is 62.5 Å². The zero-order chi connectivity index (χ0) is 7.28. The Morgan fingerprint density at radius 3 is 1.90 bits per heavy atom. The molecule has 0 unspecified atom stereocenters. The number of hydrogen-bond acceptors (Lipinski definition) is 1. The van der Waals surface area contributed by atoms with Crippen LogP contribution in [0.3, 0.4) is 0 Å². The minimum Gasteiger partial charge on any atom is -0.501 e. The highest BCUT2D eigenvalue weighted by Gasteiger charge is 1.78. The summed E-state index contributed by atoms with van der Waals surface area (Å²) in [5.74, 6) is 0.941. The van der Waals surface area contributed by atoms with Crippen molar-refractivity contribution in [2.75, 3.05) is 7.11 Å². The average Bonchev–Trinajstić information content (AvgIpc) is 1.83. The first kappa shape index (κ1) is 12.0. The fourth-order valence-corrected chi connectivity index (χ4v) is 0.352. The van der Waals surface area contributed by atoms with Gasteiger partial charge in [0.1, 0.15) is 0 Å². The lowest BCUT2D eigenvalue weighted by Crippen LogP contribution is -1.76. The van der Waals surface area contributed by atoms with Crippen LogP contribution in [0.15, 0.2) is 23.5 Å². The lowest BCUT2D eigenvalue weighted by Gasteiger charge is -1.94. The van der Waals surface area contributed by atoms with E-state index in [1.54, 1.807) is 7.11 Å². The Balaban J connectivity index is 0. The van der Waals surface area contributed by atoms with Crippen LogP contribution >= 0.6 is 0 Å². The zero-order valence-electron chi connectivity index (χ0n) is 7.06. The fraction of sp³-hybridized carbons (Fsp3) is 0.500. The molecule has 2 N–H and O–H groups in total. The highest BCUT2D eigenvalue weighted by Crippen LogP contribution is 1.95. The van der Waals surface area contributed by atoms with Crippen LogP contribution in [0.4, 0.5) is 0 Å². The van der Waals surface area contributed by atoms with E-state index < -0.39 is 0 Å². The second kappa shape index (κ2) is 6.36. The van der Waals surface area contributed by atoms with Crippen molar-refractivity contribution in [3.8, 4) is 0 Å². The summed E-state index contributed by atoms with van der Waals surface area (Å²) in [6.45, 7) is 6.04. The molecule has 0 aliphatic rings. The quantitative estimate of drug-likeness (QED) is 0.429. The SMILES string of the molecule is CO/C(C)=C/C=C(C)C.O. The molecule has 2 heteroatoms. The molecule has 0 atom stereocenters. The van der Waals surface area contributed by atoms with Gasteiger partial charge in [0.2, 0.25) is 0 Å². The minimum absolute atomic E-state index is 0. The molecule has 0 heterocycles. The molecule has 0 rings (SSSR count). The van der Waals surface area contributed by atoms with Crippen molar-refractivity contribution in [1.29, 1.82) is 0 Å². The third-order valence-corrected chi connectivity index (χ3v) is 0.973. The third-order valence-electron chi connectivity index (χ3n) is 0.973. The van der Waals surface area contributed by atoms with E-state index in [2.05, 4.69) is 13.8 Å². The summed E-state index contributed by atoms with van der Waals surface area (Å²) in [7, 11) is 1.67. The van der Waals surface area contributed by atoms with Crippen molar-refractivity contribution < 1.29 is 10.2 Å². The molecule has 0 bridgehead atoms. The van der Waals surface area contributed by atoms with Crippen LogP contribution in [0.5, 0.6) is 0 Å². The molecule has 0 spiro atoms. The van der Waals surface area contributed by atoms with Crippen LogP contribution < -0.4 is 0 Å². The van der Waals surface area contributed by atoms with Crippen LogP contribution in [-0.4, -0.2) is 12.6 Å². The maximum Gasteiger partial charge on any atom is 0.0924 e. The third kappa shape index (κ3) is 7.24. The molecule has 0 aliphatic heterocycles. The highest BCUT2D eigenvalue weighted by atomic mass is 16.5. The lowest BCUT2D eigenvalue weighted by atomic mass is 10.3. The Morgan fingerprint density at radius 1 is 1.10 bits per heavy atom. The molecular formula is C8H16O2. The first-order valence-corrected chi connectivity index (χ1v) is 3.02. The van der Waals surface area contributed by atoms with Gasteiger partial charge in [-0.05, 0) is 26.8 Å². The maximum absolute atomic E-state index is 4.92. The molecule has 0 aliphatic carbocycles. The zero-order valence-corrected chi connectivity index (χ0v) is 7.06. The molecule has 2 nitrogen and oxygen atoms in total. The van der Waals surface area contributed by atoms with E-state index in [1.165, 1.54) is 5.57 Å². The van der Waals surface area contributed by atoms with E-state index >= 15 is 0 Å². The van der Waals surface area contributed by atoms with Crippen LogP contribution in [-0.2, 0) is 4.74 Å².